The number of carbonyl (C=O) groups is 2. The van der Waals surface area contributed by atoms with Gasteiger partial charge in [0.25, 0.3) is 0 Å². The summed E-state index contributed by atoms with van der Waals surface area (Å²) in [5, 5.41) is 24.3. The molecular weight excluding hydrogens is 174 g/mol. The van der Waals surface area contributed by atoms with Gasteiger partial charge < -0.3 is 20.1 Å². The van der Waals surface area contributed by atoms with Gasteiger partial charge in [-0.15, -0.1) is 0 Å². The molecule has 7 heteroatoms. The second-order valence-corrected chi connectivity index (χ2v) is 0.792. The van der Waals surface area contributed by atoms with E-state index in [1.54, 1.807) is 0 Å². The SMILES string of the molecule is C=CC(=O)O.O=C([O-])[O-].[K+].[Li+]. The molecule has 5 nitrogen and oxygen atoms in total. The van der Waals surface area contributed by atoms with Crippen molar-refractivity contribution in [2.75, 3.05) is 0 Å². The average Bonchev–Trinajstić information content (AvgIpc) is 1.65. The molecule has 0 unspecified atom stereocenters. The quantitative estimate of drug-likeness (QED) is 0.317. The summed E-state index contributed by atoms with van der Waals surface area (Å²) >= 11 is 0. The Morgan fingerprint density at radius 2 is 1.45 bits per heavy atom. The van der Waals surface area contributed by atoms with Crippen LogP contribution in [-0.4, -0.2) is 17.2 Å². The van der Waals surface area contributed by atoms with Crippen LogP contribution in [0.5, 0.6) is 0 Å². The van der Waals surface area contributed by atoms with Crippen molar-refractivity contribution in [3.05, 3.63) is 12.7 Å². The van der Waals surface area contributed by atoms with Crippen molar-refractivity contribution in [1.82, 2.24) is 0 Å². The summed E-state index contributed by atoms with van der Waals surface area (Å²) in [5.41, 5.74) is 0. The molecule has 0 aliphatic rings. The predicted molar refractivity (Wildman–Crippen MR) is 23.2 cm³/mol. The van der Waals surface area contributed by atoms with Crippen LogP contribution in [0, 0.1) is 0 Å². The zero-order valence-electron chi connectivity index (χ0n) is 6.36. The first kappa shape index (κ1) is 22.6. The number of hydrogen-bond donors (Lipinski definition) is 1. The molecule has 0 aliphatic carbocycles. The van der Waals surface area contributed by atoms with Crippen molar-refractivity contribution in [2.24, 2.45) is 0 Å². The third-order valence-corrected chi connectivity index (χ3v) is 0.175. The van der Waals surface area contributed by atoms with E-state index in [9.17, 15) is 4.79 Å². The molecule has 0 bridgehead atoms. The maximum absolute atomic E-state index is 9.25. The Hall–Kier alpha value is 0.714. The molecule has 0 atom stereocenters. The van der Waals surface area contributed by atoms with Crippen molar-refractivity contribution >= 4 is 12.1 Å². The first-order chi connectivity index (χ1) is 4.00. The Balaban J connectivity index is -0.0000000383. The smallest absolute Gasteiger partial charge is 0.652 e. The zero-order valence-corrected chi connectivity index (χ0v) is 9.49. The molecule has 0 amide bonds. The van der Waals surface area contributed by atoms with Crippen LogP contribution in [-0.2, 0) is 4.79 Å². The number of carbonyl (C=O) groups excluding carboxylic acids is 1. The first-order valence-electron chi connectivity index (χ1n) is 1.74. The summed E-state index contributed by atoms with van der Waals surface area (Å²) in [4.78, 5) is 17.6. The minimum Gasteiger partial charge on any atom is -0.652 e. The van der Waals surface area contributed by atoms with Gasteiger partial charge >= 0.3 is 76.2 Å². The number of carboxylic acids is 1. The third kappa shape index (κ3) is 110. The molecule has 0 rings (SSSR count). The molecule has 0 spiro atoms. The van der Waals surface area contributed by atoms with Crippen molar-refractivity contribution < 1.29 is 95.2 Å². The topological polar surface area (TPSA) is 100 Å². The molecular formula is C4H4KLiO5. The second-order valence-electron chi connectivity index (χ2n) is 0.792. The van der Waals surface area contributed by atoms with E-state index in [4.69, 9.17) is 20.1 Å². The molecule has 52 valence electrons. The Bertz CT molecular complexity index is 122. The van der Waals surface area contributed by atoms with Gasteiger partial charge in [-0.25, -0.2) is 4.79 Å². The Kier molecular flexibility index (Phi) is 34.9. The monoisotopic (exact) mass is 178 g/mol. The maximum atomic E-state index is 9.25. The van der Waals surface area contributed by atoms with Crippen LogP contribution in [0.4, 0.5) is 4.79 Å². The number of aliphatic carboxylic acids is 1. The van der Waals surface area contributed by atoms with Gasteiger partial charge in [0.1, 0.15) is 0 Å². The summed E-state index contributed by atoms with van der Waals surface area (Å²) in [7, 11) is 0. The van der Waals surface area contributed by atoms with E-state index >= 15 is 0 Å². The summed E-state index contributed by atoms with van der Waals surface area (Å²) in [5.74, 6) is -0.981. The van der Waals surface area contributed by atoms with Gasteiger partial charge in [0.15, 0.2) is 0 Å². The van der Waals surface area contributed by atoms with Crippen molar-refractivity contribution in [3.63, 3.8) is 0 Å². The third-order valence-electron chi connectivity index (χ3n) is 0.175. The average molecular weight is 178 g/mol. The van der Waals surface area contributed by atoms with E-state index in [1.165, 1.54) is 0 Å². The fraction of sp³-hybridized carbons (Fsp3) is 0. The Morgan fingerprint density at radius 1 is 1.36 bits per heavy atom. The van der Waals surface area contributed by atoms with Gasteiger partial charge in [-0.1, -0.05) is 6.58 Å². The Morgan fingerprint density at radius 3 is 1.45 bits per heavy atom. The zero-order chi connectivity index (χ0) is 7.86. The molecule has 0 heterocycles. The van der Waals surface area contributed by atoms with E-state index in [2.05, 4.69) is 6.58 Å². The van der Waals surface area contributed by atoms with Gasteiger partial charge in [0.05, 0.1) is 0 Å². The fourth-order valence-corrected chi connectivity index (χ4v) is 0. The van der Waals surface area contributed by atoms with Crippen LogP contribution < -0.4 is 80.5 Å². The molecule has 1 N–H and O–H groups in total. The van der Waals surface area contributed by atoms with E-state index < -0.39 is 12.1 Å². The second kappa shape index (κ2) is 17.0. The minimum absolute atomic E-state index is 0. The summed E-state index contributed by atoms with van der Waals surface area (Å²) in [6.07, 6.45) is -1.50. The van der Waals surface area contributed by atoms with Crippen molar-refractivity contribution in [3.8, 4) is 0 Å². The standard InChI is InChI=1S/C3H4O2.CH2O3.K.Li/c1-2-3(4)5;2-1(3)4;;/h2H,1H2,(H,4,5);(H2,2,3,4);;/q;;2*+1/p-2. The van der Waals surface area contributed by atoms with E-state index in [-0.39, 0.29) is 70.2 Å². The fourth-order valence-electron chi connectivity index (χ4n) is 0. The van der Waals surface area contributed by atoms with Gasteiger partial charge in [-0.05, 0) is 6.16 Å². The minimum atomic E-state index is -2.33. The van der Waals surface area contributed by atoms with Crippen LogP contribution in [0.2, 0.25) is 0 Å². The van der Waals surface area contributed by atoms with Crippen LogP contribution >= 0.6 is 0 Å². The molecule has 0 aromatic heterocycles. The number of hydrogen-bond acceptors (Lipinski definition) is 4. The molecule has 0 aromatic rings. The van der Waals surface area contributed by atoms with E-state index in [1.807, 2.05) is 0 Å². The van der Waals surface area contributed by atoms with Crippen molar-refractivity contribution in [1.29, 1.82) is 0 Å². The first-order valence-corrected chi connectivity index (χ1v) is 1.74. The molecule has 0 saturated carbocycles. The van der Waals surface area contributed by atoms with Gasteiger partial charge in [0.2, 0.25) is 0 Å². The van der Waals surface area contributed by atoms with E-state index in [0.29, 0.717) is 0 Å². The largest absolute Gasteiger partial charge is 1.00 e. The van der Waals surface area contributed by atoms with Crippen molar-refractivity contribution in [2.45, 2.75) is 0 Å². The molecule has 0 fully saturated rings. The predicted octanol–water partition coefficient (Wildman–Crippen LogP) is -8.18. The summed E-state index contributed by atoms with van der Waals surface area (Å²) in [6, 6.07) is 0. The van der Waals surface area contributed by atoms with Crippen LogP contribution in [0.1, 0.15) is 0 Å². The molecule has 0 saturated heterocycles. The molecule has 11 heavy (non-hydrogen) atoms. The Labute approximate surface area is 118 Å². The van der Waals surface area contributed by atoms with Gasteiger partial charge in [-0.3, -0.25) is 0 Å². The summed E-state index contributed by atoms with van der Waals surface area (Å²) < 4.78 is 0. The van der Waals surface area contributed by atoms with Crippen LogP contribution in [0.3, 0.4) is 0 Å². The summed E-state index contributed by atoms with van der Waals surface area (Å²) in [6.45, 7) is 2.96. The van der Waals surface area contributed by atoms with Crippen LogP contribution in [0.15, 0.2) is 12.7 Å². The van der Waals surface area contributed by atoms with Gasteiger partial charge in [0, 0.05) is 6.08 Å². The maximum Gasteiger partial charge on any atom is 1.00 e. The van der Waals surface area contributed by atoms with E-state index in [0.717, 1.165) is 6.08 Å². The number of carboxylic acid groups (broad SMARTS) is 3. The normalized spacial score (nSPS) is 5.09. The number of rotatable bonds is 1. The van der Waals surface area contributed by atoms with Crippen LogP contribution in [0.25, 0.3) is 0 Å². The molecule has 0 aromatic carbocycles. The molecule has 0 radical (unpaired) electrons. The molecule has 0 aliphatic heterocycles. The van der Waals surface area contributed by atoms with Gasteiger partial charge in [-0.2, -0.15) is 0 Å².